The van der Waals surface area contributed by atoms with Crippen LogP contribution in [0.25, 0.3) is 0 Å². The molecule has 1 aromatic rings. The first-order valence-electron chi connectivity index (χ1n) is 7.16. The molecule has 3 N–H and O–H groups in total. The number of rotatable bonds is 3. The number of nitrogens with two attached hydrogens (primary N) is 1. The zero-order chi connectivity index (χ0) is 15.6. The highest BCUT2D eigenvalue weighted by Crippen LogP contribution is 2.22. The Morgan fingerprint density at radius 3 is 2.57 bits per heavy atom. The van der Waals surface area contributed by atoms with Gasteiger partial charge in [0.2, 0.25) is 5.91 Å². The summed E-state index contributed by atoms with van der Waals surface area (Å²) in [5, 5.41) is 3.41. The van der Waals surface area contributed by atoms with Gasteiger partial charge in [0.1, 0.15) is 0 Å². The van der Waals surface area contributed by atoms with E-state index in [9.17, 15) is 4.79 Å². The van der Waals surface area contributed by atoms with Gasteiger partial charge in [0.05, 0.1) is 17.9 Å². The van der Waals surface area contributed by atoms with Crippen molar-refractivity contribution < 1.29 is 4.79 Å². The van der Waals surface area contributed by atoms with Gasteiger partial charge >= 0.3 is 0 Å². The van der Waals surface area contributed by atoms with Crippen molar-refractivity contribution in [2.45, 2.75) is 25.9 Å². The lowest BCUT2D eigenvalue weighted by molar-refractivity contribution is -0.118. The minimum absolute atomic E-state index is 0.0482. The number of nitrogens with zero attached hydrogens (tertiary/aromatic N) is 2. The molecule has 2 atom stereocenters. The molecule has 1 aliphatic heterocycles. The third-order valence-electron chi connectivity index (χ3n) is 4.09. The van der Waals surface area contributed by atoms with Crippen molar-refractivity contribution in [2.24, 2.45) is 0 Å². The van der Waals surface area contributed by atoms with Crippen molar-refractivity contribution in [1.82, 2.24) is 9.80 Å². The first kappa shape index (κ1) is 16.1. The number of carbonyl (C=O) groups excluding carboxylic acids is 1. The molecule has 5 nitrogen and oxygen atoms in total. The number of carbonyl (C=O) groups is 1. The van der Waals surface area contributed by atoms with Gasteiger partial charge in [0, 0.05) is 30.2 Å². The highest BCUT2D eigenvalue weighted by Gasteiger charge is 2.27. The molecule has 0 radical (unpaired) electrons. The fourth-order valence-corrected chi connectivity index (χ4v) is 2.86. The molecule has 1 heterocycles. The van der Waals surface area contributed by atoms with E-state index in [2.05, 4.69) is 36.0 Å². The van der Waals surface area contributed by atoms with Crippen LogP contribution < -0.4 is 11.1 Å². The molecule has 2 unspecified atom stereocenters. The Labute approximate surface area is 131 Å². The number of hydrogen-bond acceptors (Lipinski definition) is 4. The van der Waals surface area contributed by atoms with E-state index in [1.54, 1.807) is 18.2 Å². The SMILES string of the molecule is CC1CN(CC(=O)Nc2ccc(Cl)cc2N)CC(C)N1C. The average molecular weight is 311 g/mol. The maximum atomic E-state index is 12.2. The predicted octanol–water partition coefficient (Wildman–Crippen LogP) is 1.89. The third-order valence-corrected chi connectivity index (χ3v) is 4.33. The Morgan fingerprint density at radius 2 is 2.00 bits per heavy atom. The van der Waals surface area contributed by atoms with E-state index in [-0.39, 0.29) is 5.91 Å². The first-order valence-corrected chi connectivity index (χ1v) is 7.53. The van der Waals surface area contributed by atoms with Crippen LogP contribution >= 0.6 is 11.6 Å². The Balaban J connectivity index is 1.93. The van der Waals surface area contributed by atoms with Gasteiger partial charge in [-0.3, -0.25) is 14.6 Å². The van der Waals surface area contributed by atoms with Gasteiger partial charge in [-0.1, -0.05) is 11.6 Å². The summed E-state index contributed by atoms with van der Waals surface area (Å²) in [6.45, 7) is 6.52. The highest BCUT2D eigenvalue weighted by molar-refractivity contribution is 6.31. The molecule has 0 bridgehead atoms. The molecule has 6 heteroatoms. The lowest BCUT2D eigenvalue weighted by Crippen LogP contribution is -2.56. The number of halogens is 1. The smallest absolute Gasteiger partial charge is 0.238 e. The van der Waals surface area contributed by atoms with Crippen molar-refractivity contribution in [3.63, 3.8) is 0 Å². The van der Waals surface area contributed by atoms with Crippen LogP contribution in [-0.4, -0.2) is 54.5 Å². The fourth-order valence-electron chi connectivity index (χ4n) is 2.68. The van der Waals surface area contributed by atoms with Gasteiger partial charge < -0.3 is 11.1 Å². The van der Waals surface area contributed by atoms with E-state index < -0.39 is 0 Å². The molecule has 0 spiro atoms. The van der Waals surface area contributed by atoms with Gasteiger partial charge in [-0.2, -0.15) is 0 Å². The second kappa shape index (κ2) is 6.64. The first-order chi connectivity index (χ1) is 9.86. The maximum absolute atomic E-state index is 12.2. The topological polar surface area (TPSA) is 61.6 Å². The minimum Gasteiger partial charge on any atom is -0.397 e. The molecule has 21 heavy (non-hydrogen) atoms. The van der Waals surface area contributed by atoms with E-state index in [1.807, 2.05) is 0 Å². The van der Waals surface area contributed by atoms with Crippen molar-refractivity contribution in [3.05, 3.63) is 23.2 Å². The number of nitrogen functional groups attached to an aromatic ring is 1. The second-order valence-electron chi connectivity index (χ2n) is 5.84. The summed E-state index contributed by atoms with van der Waals surface area (Å²) in [6.07, 6.45) is 0. The molecule has 0 saturated carbocycles. The van der Waals surface area contributed by atoms with Crippen molar-refractivity contribution in [3.8, 4) is 0 Å². The van der Waals surface area contributed by atoms with Crippen LogP contribution in [0.2, 0.25) is 5.02 Å². The van der Waals surface area contributed by atoms with Crippen LogP contribution in [-0.2, 0) is 4.79 Å². The van der Waals surface area contributed by atoms with E-state index in [4.69, 9.17) is 17.3 Å². The van der Waals surface area contributed by atoms with E-state index in [0.717, 1.165) is 13.1 Å². The van der Waals surface area contributed by atoms with Gasteiger partial charge in [-0.15, -0.1) is 0 Å². The third kappa shape index (κ3) is 4.09. The van der Waals surface area contributed by atoms with Gasteiger partial charge in [0.25, 0.3) is 0 Å². The van der Waals surface area contributed by atoms with Gasteiger partial charge in [0.15, 0.2) is 0 Å². The number of piperazine rings is 1. The van der Waals surface area contributed by atoms with Crippen LogP contribution in [0.3, 0.4) is 0 Å². The molecular weight excluding hydrogens is 288 g/mol. The summed E-state index contributed by atoms with van der Waals surface area (Å²) in [5.74, 6) is -0.0482. The van der Waals surface area contributed by atoms with Gasteiger partial charge in [-0.05, 0) is 39.1 Å². The number of likely N-dealkylation sites (N-methyl/N-ethyl adjacent to an activating group) is 1. The number of anilines is 2. The second-order valence-corrected chi connectivity index (χ2v) is 6.27. The number of hydrogen-bond donors (Lipinski definition) is 2. The Bertz CT molecular complexity index is 510. The van der Waals surface area contributed by atoms with Crippen LogP contribution in [0.4, 0.5) is 11.4 Å². The van der Waals surface area contributed by atoms with E-state index >= 15 is 0 Å². The van der Waals surface area contributed by atoms with Crippen molar-refractivity contribution >= 4 is 28.9 Å². The lowest BCUT2D eigenvalue weighted by atomic mass is 10.1. The van der Waals surface area contributed by atoms with Crippen molar-refractivity contribution in [2.75, 3.05) is 37.7 Å². The summed E-state index contributed by atoms with van der Waals surface area (Å²) in [5.41, 5.74) is 6.94. The molecule has 1 saturated heterocycles. The zero-order valence-electron chi connectivity index (χ0n) is 12.8. The van der Waals surface area contributed by atoms with Gasteiger partial charge in [-0.25, -0.2) is 0 Å². The lowest BCUT2D eigenvalue weighted by Gasteiger charge is -2.42. The van der Waals surface area contributed by atoms with Crippen LogP contribution in [0.1, 0.15) is 13.8 Å². The number of benzene rings is 1. The van der Waals surface area contributed by atoms with E-state index in [0.29, 0.717) is 35.0 Å². The quantitative estimate of drug-likeness (QED) is 0.837. The molecule has 116 valence electrons. The summed E-state index contributed by atoms with van der Waals surface area (Å²) < 4.78 is 0. The molecule has 1 aliphatic rings. The highest BCUT2D eigenvalue weighted by atomic mass is 35.5. The molecular formula is C15H23ClN4O. The molecule has 2 rings (SSSR count). The van der Waals surface area contributed by atoms with E-state index in [1.165, 1.54) is 0 Å². The predicted molar refractivity (Wildman–Crippen MR) is 87.6 cm³/mol. The zero-order valence-corrected chi connectivity index (χ0v) is 13.5. The molecule has 1 aromatic carbocycles. The maximum Gasteiger partial charge on any atom is 0.238 e. The summed E-state index contributed by atoms with van der Waals surface area (Å²) >= 11 is 5.85. The molecule has 0 aliphatic carbocycles. The molecule has 1 fully saturated rings. The Morgan fingerprint density at radius 1 is 1.38 bits per heavy atom. The molecule has 0 aromatic heterocycles. The van der Waals surface area contributed by atoms with Crippen molar-refractivity contribution in [1.29, 1.82) is 0 Å². The monoisotopic (exact) mass is 310 g/mol. The summed E-state index contributed by atoms with van der Waals surface area (Å²) in [7, 11) is 2.13. The molecule has 1 amide bonds. The normalized spacial score (nSPS) is 24.0. The Hall–Kier alpha value is -1.30. The Kier molecular flexibility index (Phi) is 5.08. The van der Waals surface area contributed by atoms with Crippen LogP contribution in [0, 0.1) is 0 Å². The number of amides is 1. The van der Waals surface area contributed by atoms with Crippen LogP contribution in [0.5, 0.6) is 0 Å². The standard InChI is InChI=1S/C15H23ClN4O/c1-10-7-20(8-11(2)19(10)3)9-15(21)18-14-5-4-12(16)6-13(14)17/h4-6,10-11H,7-9,17H2,1-3H3,(H,18,21). The van der Waals surface area contributed by atoms with Crippen LogP contribution in [0.15, 0.2) is 18.2 Å². The average Bonchev–Trinajstić information content (AvgIpc) is 2.39. The fraction of sp³-hybridized carbons (Fsp3) is 0.533. The summed E-state index contributed by atoms with van der Waals surface area (Å²) in [6, 6.07) is 5.97. The minimum atomic E-state index is -0.0482. The largest absolute Gasteiger partial charge is 0.397 e. The number of nitrogens with one attached hydrogen (secondary N) is 1. The summed E-state index contributed by atoms with van der Waals surface area (Å²) in [4.78, 5) is 16.7.